The zero-order chi connectivity index (χ0) is 37.3. The number of piperidine rings is 2. The summed E-state index contributed by atoms with van der Waals surface area (Å²) in [6, 6.07) is 0.902. The lowest BCUT2D eigenvalue weighted by molar-refractivity contribution is -0.145. The Morgan fingerprint density at radius 2 is 0.820 bits per heavy atom. The number of nitrogens with one attached hydrogen (secondary N) is 2. The van der Waals surface area contributed by atoms with Gasteiger partial charge in [0, 0.05) is 47.3 Å². The number of ether oxygens (including phenoxy) is 2. The molecule has 0 aromatic rings. The van der Waals surface area contributed by atoms with E-state index < -0.39 is 0 Å². The summed E-state index contributed by atoms with van der Waals surface area (Å²) in [6.07, 6.45) is 18.9. The third-order valence-corrected chi connectivity index (χ3v) is 10.7. The molecule has 2 aliphatic rings. The van der Waals surface area contributed by atoms with E-state index in [9.17, 15) is 9.59 Å². The molecule has 0 radical (unpaired) electrons. The molecule has 0 aromatic heterocycles. The second kappa shape index (κ2) is 22.1. The number of hydrogen-bond donors (Lipinski definition) is 2. The van der Waals surface area contributed by atoms with E-state index >= 15 is 0 Å². The van der Waals surface area contributed by atoms with Crippen molar-refractivity contribution in [3.8, 4) is 0 Å². The fourth-order valence-electron chi connectivity index (χ4n) is 9.03. The van der Waals surface area contributed by atoms with Gasteiger partial charge in [-0.05, 0) is 120 Å². The smallest absolute Gasteiger partial charge is 0.307 e. The van der Waals surface area contributed by atoms with Gasteiger partial charge in [-0.1, -0.05) is 65.2 Å². The number of rotatable bonds is 25. The Balaban J connectivity index is 1.93. The molecule has 2 rings (SSSR count). The van der Waals surface area contributed by atoms with Crippen LogP contribution in [0.1, 0.15) is 185 Å². The van der Waals surface area contributed by atoms with Gasteiger partial charge in [-0.2, -0.15) is 0 Å². The van der Waals surface area contributed by atoms with Crippen LogP contribution in [0.5, 0.6) is 0 Å². The first-order valence-electron chi connectivity index (χ1n) is 20.8. The lowest BCUT2D eigenvalue weighted by Crippen LogP contribution is -2.62. The average Bonchev–Trinajstić information content (AvgIpc) is 2.98. The first-order valence-corrected chi connectivity index (χ1v) is 20.8. The molecule has 294 valence electrons. The highest BCUT2D eigenvalue weighted by molar-refractivity contribution is 5.69. The molecule has 2 heterocycles. The minimum atomic E-state index is -0.0521. The van der Waals surface area contributed by atoms with Crippen molar-refractivity contribution in [3.05, 3.63) is 0 Å². The molecule has 0 bridgehead atoms. The molecule has 0 aliphatic carbocycles. The van der Waals surface area contributed by atoms with Crippen LogP contribution in [0.4, 0.5) is 0 Å². The molecule has 0 spiro atoms. The maximum absolute atomic E-state index is 12.7. The van der Waals surface area contributed by atoms with E-state index in [0.29, 0.717) is 38.1 Å². The Bertz CT molecular complexity index is 857. The second-order valence-electron chi connectivity index (χ2n) is 18.5. The van der Waals surface area contributed by atoms with Crippen molar-refractivity contribution in [2.45, 2.75) is 219 Å². The highest BCUT2D eigenvalue weighted by atomic mass is 16.5. The minimum Gasteiger partial charge on any atom is -0.466 e. The van der Waals surface area contributed by atoms with E-state index in [0.717, 1.165) is 90.4 Å². The van der Waals surface area contributed by atoms with E-state index in [2.05, 4.69) is 89.7 Å². The number of esters is 2. The minimum absolute atomic E-state index is 0.0521. The highest BCUT2D eigenvalue weighted by Crippen LogP contribution is 2.33. The summed E-state index contributed by atoms with van der Waals surface area (Å²) < 4.78 is 11.2. The molecule has 50 heavy (non-hydrogen) atoms. The molecule has 0 unspecified atom stereocenters. The number of nitrogens with zero attached hydrogens (tertiary/aromatic N) is 2. The van der Waals surface area contributed by atoms with Gasteiger partial charge in [0.25, 0.3) is 0 Å². The number of unbranched alkanes of at least 4 members (excludes halogenated alkanes) is 9. The molecule has 0 saturated carbocycles. The molecule has 2 fully saturated rings. The monoisotopic (exact) mass is 707 g/mol. The van der Waals surface area contributed by atoms with Crippen molar-refractivity contribution >= 4 is 11.9 Å². The Kier molecular flexibility index (Phi) is 19.9. The molecular formula is C42H82N4O4. The molecule has 2 saturated heterocycles. The van der Waals surface area contributed by atoms with Crippen molar-refractivity contribution in [1.29, 1.82) is 0 Å². The molecule has 0 atom stereocenters. The SMILES string of the molecule is CCCCCCOC(=O)CCN(CCCCCCN(CCC(=O)OCCCCCC)C1CC(C)(C)NC(C)(C)C1)C1CC(C)(C)NC(C)(C)C1. The van der Waals surface area contributed by atoms with Gasteiger partial charge in [0.2, 0.25) is 0 Å². The van der Waals surface area contributed by atoms with Crippen LogP contribution in [0.3, 0.4) is 0 Å². The van der Waals surface area contributed by atoms with Crippen LogP contribution in [-0.4, -0.2) is 95.4 Å². The van der Waals surface area contributed by atoms with Gasteiger partial charge >= 0.3 is 11.9 Å². The van der Waals surface area contributed by atoms with E-state index in [1.54, 1.807) is 0 Å². The molecule has 8 nitrogen and oxygen atoms in total. The summed E-state index contributed by atoms with van der Waals surface area (Å²) in [7, 11) is 0. The third kappa shape index (κ3) is 19.0. The Morgan fingerprint density at radius 3 is 1.14 bits per heavy atom. The number of hydrogen-bond acceptors (Lipinski definition) is 8. The Morgan fingerprint density at radius 1 is 0.500 bits per heavy atom. The first-order chi connectivity index (χ1) is 23.5. The number of carbonyl (C=O) groups excluding carboxylic acids is 2. The van der Waals surface area contributed by atoms with Crippen molar-refractivity contribution in [2.24, 2.45) is 0 Å². The second-order valence-corrected chi connectivity index (χ2v) is 18.5. The van der Waals surface area contributed by atoms with Gasteiger partial charge in [0.05, 0.1) is 26.1 Å². The van der Waals surface area contributed by atoms with Gasteiger partial charge in [0.1, 0.15) is 0 Å². The van der Waals surface area contributed by atoms with Crippen molar-refractivity contribution in [3.63, 3.8) is 0 Å². The molecule has 8 heteroatoms. The predicted molar refractivity (Wildman–Crippen MR) is 210 cm³/mol. The van der Waals surface area contributed by atoms with E-state index in [1.807, 2.05) is 0 Å². The maximum atomic E-state index is 12.7. The molecular weight excluding hydrogens is 624 g/mol. The summed E-state index contributed by atoms with van der Waals surface area (Å²) in [6.45, 7) is 27.6. The predicted octanol–water partition coefficient (Wildman–Crippen LogP) is 8.80. The normalized spacial score (nSPS) is 20.3. The molecule has 2 N–H and O–H groups in total. The summed E-state index contributed by atoms with van der Waals surface area (Å²) in [4.78, 5) is 30.6. The fraction of sp³-hybridized carbons (Fsp3) is 0.952. The van der Waals surface area contributed by atoms with E-state index in [-0.39, 0.29) is 34.1 Å². The van der Waals surface area contributed by atoms with Crippen LogP contribution >= 0.6 is 0 Å². The van der Waals surface area contributed by atoms with Crippen molar-refractivity contribution < 1.29 is 19.1 Å². The van der Waals surface area contributed by atoms with Crippen LogP contribution in [0.2, 0.25) is 0 Å². The lowest BCUT2D eigenvalue weighted by Gasteiger charge is -2.50. The quantitative estimate of drug-likeness (QED) is 0.0721. The van der Waals surface area contributed by atoms with Crippen molar-refractivity contribution in [2.75, 3.05) is 39.4 Å². The summed E-state index contributed by atoms with van der Waals surface area (Å²) >= 11 is 0. The maximum Gasteiger partial charge on any atom is 0.307 e. The van der Waals surface area contributed by atoms with Gasteiger partial charge < -0.3 is 20.1 Å². The lowest BCUT2D eigenvalue weighted by atomic mass is 9.79. The van der Waals surface area contributed by atoms with Crippen LogP contribution in [0.25, 0.3) is 0 Å². The van der Waals surface area contributed by atoms with Crippen LogP contribution in [-0.2, 0) is 19.1 Å². The van der Waals surface area contributed by atoms with Crippen LogP contribution in [0.15, 0.2) is 0 Å². The average molecular weight is 707 g/mol. The summed E-state index contributed by atoms with van der Waals surface area (Å²) in [5.74, 6) is -0.104. The van der Waals surface area contributed by atoms with Crippen molar-refractivity contribution in [1.82, 2.24) is 20.4 Å². The van der Waals surface area contributed by atoms with Gasteiger partial charge in [-0.15, -0.1) is 0 Å². The summed E-state index contributed by atoms with van der Waals surface area (Å²) in [5.41, 5.74) is 0.251. The van der Waals surface area contributed by atoms with Gasteiger partial charge in [0.15, 0.2) is 0 Å². The van der Waals surface area contributed by atoms with Gasteiger partial charge in [-0.3, -0.25) is 19.4 Å². The van der Waals surface area contributed by atoms with Crippen LogP contribution < -0.4 is 10.6 Å². The summed E-state index contributed by atoms with van der Waals surface area (Å²) in [5, 5.41) is 7.67. The molecule has 0 aromatic carbocycles. The fourth-order valence-corrected chi connectivity index (χ4v) is 9.03. The topological polar surface area (TPSA) is 83.1 Å². The van der Waals surface area contributed by atoms with E-state index in [1.165, 1.54) is 38.5 Å². The van der Waals surface area contributed by atoms with Gasteiger partial charge in [-0.25, -0.2) is 0 Å². The third-order valence-electron chi connectivity index (χ3n) is 10.7. The molecule has 2 aliphatic heterocycles. The van der Waals surface area contributed by atoms with E-state index in [4.69, 9.17) is 9.47 Å². The first kappa shape index (κ1) is 44.9. The molecule has 0 amide bonds. The standard InChI is InChI=1S/C42H82N4O4/c1-11-13-15-21-29-49-37(47)23-27-45(35-31-39(3,4)43-40(5,6)32-35)25-19-17-18-20-26-46(28-24-38(48)50-30-22-16-14-12-2)36-33-41(7,8)44-42(9,10)34-36/h35-36,43-44H,11-34H2,1-10H3. The number of carbonyl (C=O) groups is 2. The largest absolute Gasteiger partial charge is 0.466 e. The Hall–Kier alpha value is -1.22. The zero-order valence-corrected chi connectivity index (χ0v) is 34.7. The highest BCUT2D eigenvalue weighted by Gasteiger charge is 2.41. The Labute approximate surface area is 309 Å². The van der Waals surface area contributed by atoms with Crippen LogP contribution in [0, 0.1) is 0 Å². The zero-order valence-electron chi connectivity index (χ0n) is 34.7.